The van der Waals surface area contributed by atoms with Gasteiger partial charge >= 0.3 is 5.97 Å². The van der Waals surface area contributed by atoms with Gasteiger partial charge in [-0.15, -0.1) is 11.3 Å². The number of nitrogens with zero attached hydrogens (tertiary/aromatic N) is 1. The minimum atomic E-state index is -0.200. The summed E-state index contributed by atoms with van der Waals surface area (Å²) >= 11 is 5.09. The van der Waals surface area contributed by atoms with Crippen molar-refractivity contribution in [1.82, 2.24) is 4.98 Å². The molecular weight excluding hydrogens is 326 g/mol. The van der Waals surface area contributed by atoms with Crippen LogP contribution in [0, 0.1) is 6.92 Å². The maximum absolute atomic E-state index is 11.1. The van der Waals surface area contributed by atoms with Crippen LogP contribution in [0.4, 0.5) is 0 Å². The lowest BCUT2D eigenvalue weighted by molar-refractivity contribution is -0.140. The van der Waals surface area contributed by atoms with Gasteiger partial charge in [-0.3, -0.25) is 4.79 Å². The molecular formula is C14H14BrNO2S. The van der Waals surface area contributed by atoms with Crippen LogP contribution in [0.3, 0.4) is 0 Å². The van der Waals surface area contributed by atoms with Gasteiger partial charge in [-0.1, -0.05) is 22.0 Å². The Morgan fingerprint density at radius 2 is 2.26 bits per heavy atom. The minimum Gasteiger partial charge on any atom is -0.469 e. The molecule has 5 heteroatoms. The Bertz CT molecular complexity index is 595. The number of ether oxygens (including phenoxy) is 1. The van der Waals surface area contributed by atoms with E-state index < -0.39 is 0 Å². The van der Waals surface area contributed by atoms with Crippen LogP contribution < -0.4 is 0 Å². The lowest BCUT2D eigenvalue weighted by atomic mass is 10.1. The summed E-state index contributed by atoms with van der Waals surface area (Å²) in [5, 5.41) is 2.98. The molecule has 2 aromatic rings. The number of aromatic nitrogens is 1. The van der Waals surface area contributed by atoms with Crippen molar-refractivity contribution in [2.45, 2.75) is 19.8 Å². The number of esters is 1. The number of aryl methyl sites for hydroxylation is 2. The first kappa shape index (κ1) is 14.2. The Labute approximate surface area is 124 Å². The fourth-order valence-corrected chi connectivity index (χ4v) is 2.76. The quantitative estimate of drug-likeness (QED) is 0.790. The fourth-order valence-electron chi connectivity index (χ4n) is 1.66. The van der Waals surface area contributed by atoms with Crippen molar-refractivity contribution < 1.29 is 9.53 Å². The maximum atomic E-state index is 11.1. The molecule has 0 N–H and O–H groups in total. The normalized spacial score (nSPS) is 10.5. The smallest absolute Gasteiger partial charge is 0.305 e. The number of rotatable bonds is 4. The van der Waals surface area contributed by atoms with Crippen molar-refractivity contribution >= 4 is 33.2 Å². The molecule has 2 rings (SSSR count). The molecule has 3 nitrogen and oxygen atoms in total. The van der Waals surface area contributed by atoms with Gasteiger partial charge in [0.15, 0.2) is 0 Å². The maximum Gasteiger partial charge on any atom is 0.305 e. The summed E-state index contributed by atoms with van der Waals surface area (Å²) in [6.45, 7) is 2.05. The predicted octanol–water partition coefficient (Wildman–Crippen LogP) is 3.99. The number of carbonyl (C=O) groups is 1. The van der Waals surface area contributed by atoms with Crippen LogP contribution in [0.5, 0.6) is 0 Å². The zero-order valence-corrected chi connectivity index (χ0v) is 13.2. The molecule has 1 heterocycles. The Morgan fingerprint density at radius 3 is 2.95 bits per heavy atom. The van der Waals surface area contributed by atoms with E-state index in [0.29, 0.717) is 12.8 Å². The first-order valence-electron chi connectivity index (χ1n) is 5.88. The molecule has 0 spiro atoms. The van der Waals surface area contributed by atoms with E-state index in [1.807, 2.05) is 17.5 Å². The van der Waals surface area contributed by atoms with E-state index in [9.17, 15) is 4.79 Å². The predicted molar refractivity (Wildman–Crippen MR) is 80.3 cm³/mol. The molecule has 19 heavy (non-hydrogen) atoms. The van der Waals surface area contributed by atoms with Crippen LogP contribution in [0.25, 0.3) is 10.6 Å². The van der Waals surface area contributed by atoms with Crippen LogP contribution in [0.1, 0.15) is 17.7 Å². The third-order valence-corrected chi connectivity index (χ3v) is 4.60. The van der Waals surface area contributed by atoms with Gasteiger partial charge in [-0.25, -0.2) is 4.98 Å². The second-order valence-corrected chi connectivity index (χ2v) is 5.90. The molecule has 0 atom stereocenters. The van der Waals surface area contributed by atoms with E-state index >= 15 is 0 Å². The summed E-state index contributed by atoms with van der Waals surface area (Å²) in [7, 11) is 1.40. The van der Waals surface area contributed by atoms with Crippen molar-refractivity contribution in [3.05, 3.63) is 39.3 Å². The molecule has 0 aliphatic heterocycles. The highest BCUT2D eigenvalue weighted by atomic mass is 79.9. The van der Waals surface area contributed by atoms with Crippen molar-refractivity contribution in [1.29, 1.82) is 0 Å². The topological polar surface area (TPSA) is 39.2 Å². The summed E-state index contributed by atoms with van der Waals surface area (Å²) in [6.07, 6.45) is 0.998. The summed E-state index contributed by atoms with van der Waals surface area (Å²) in [6, 6.07) is 6.17. The largest absolute Gasteiger partial charge is 0.469 e. The molecule has 0 saturated carbocycles. The minimum absolute atomic E-state index is 0.200. The Kier molecular flexibility index (Phi) is 4.71. The van der Waals surface area contributed by atoms with Crippen LogP contribution in [0.15, 0.2) is 28.1 Å². The molecule has 0 aliphatic carbocycles. The van der Waals surface area contributed by atoms with Crippen molar-refractivity contribution in [3.8, 4) is 10.6 Å². The molecule has 0 saturated heterocycles. The average molecular weight is 340 g/mol. The lowest BCUT2D eigenvalue weighted by Crippen LogP contribution is -2.01. The average Bonchev–Trinajstić information content (AvgIpc) is 2.88. The summed E-state index contributed by atoms with van der Waals surface area (Å²) < 4.78 is 5.72. The fraction of sp³-hybridized carbons (Fsp3) is 0.286. The van der Waals surface area contributed by atoms with E-state index in [2.05, 4.69) is 38.6 Å². The first-order valence-corrected chi connectivity index (χ1v) is 7.55. The summed E-state index contributed by atoms with van der Waals surface area (Å²) in [5.74, 6) is -0.200. The Morgan fingerprint density at radius 1 is 1.47 bits per heavy atom. The zero-order valence-electron chi connectivity index (χ0n) is 10.8. The van der Waals surface area contributed by atoms with Crippen molar-refractivity contribution in [2.75, 3.05) is 7.11 Å². The molecule has 0 fully saturated rings. The van der Waals surface area contributed by atoms with Gasteiger partial charge in [0.05, 0.1) is 19.2 Å². The first-order chi connectivity index (χ1) is 9.10. The van der Waals surface area contributed by atoms with E-state index in [-0.39, 0.29) is 5.97 Å². The number of hydrogen-bond acceptors (Lipinski definition) is 4. The van der Waals surface area contributed by atoms with Gasteiger partial charge in [0.1, 0.15) is 5.01 Å². The van der Waals surface area contributed by atoms with Crippen molar-refractivity contribution in [2.24, 2.45) is 0 Å². The van der Waals surface area contributed by atoms with E-state index in [0.717, 1.165) is 20.7 Å². The number of benzene rings is 1. The molecule has 0 radical (unpaired) electrons. The molecule has 1 aromatic carbocycles. The molecule has 100 valence electrons. The van der Waals surface area contributed by atoms with Crippen LogP contribution in [0.2, 0.25) is 0 Å². The van der Waals surface area contributed by atoms with Gasteiger partial charge in [0.25, 0.3) is 0 Å². The van der Waals surface area contributed by atoms with E-state index in [4.69, 9.17) is 0 Å². The van der Waals surface area contributed by atoms with Gasteiger partial charge < -0.3 is 4.74 Å². The number of thiazole rings is 1. The number of hydrogen-bond donors (Lipinski definition) is 0. The second-order valence-electron chi connectivity index (χ2n) is 4.18. The molecule has 0 bridgehead atoms. The monoisotopic (exact) mass is 339 g/mol. The van der Waals surface area contributed by atoms with E-state index in [1.54, 1.807) is 11.3 Å². The standard InChI is InChI=1S/C14H14BrNO2S/c1-9-7-10(3-5-12(9)15)14-16-11(8-19-14)4-6-13(17)18-2/h3,5,7-8H,4,6H2,1-2H3. The zero-order chi connectivity index (χ0) is 13.8. The highest BCUT2D eigenvalue weighted by Crippen LogP contribution is 2.27. The molecule has 1 aromatic heterocycles. The Hall–Kier alpha value is -1.20. The van der Waals surface area contributed by atoms with Crippen LogP contribution >= 0.6 is 27.3 Å². The highest BCUT2D eigenvalue weighted by molar-refractivity contribution is 9.10. The third kappa shape index (κ3) is 3.64. The third-order valence-electron chi connectivity index (χ3n) is 2.77. The molecule has 0 unspecified atom stereocenters. The van der Waals surface area contributed by atoms with Gasteiger partial charge in [0, 0.05) is 21.8 Å². The summed E-state index contributed by atoms with van der Waals surface area (Å²) in [5.41, 5.74) is 3.23. The molecule has 0 aliphatic rings. The van der Waals surface area contributed by atoms with E-state index in [1.165, 1.54) is 12.7 Å². The number of methoxy groups -OCH3 is 1. The SMILES string of the molecule is COC(=O)CCc1csc(-c2ccc(Br)c(C)c2)n1. The number of halogens is 1. The second kappa shape index (κ2) is 6.30. The van der Waals surface area contributed by atoms with Gasteiger partial charge in [-0.05, 0) is 24.6 Å². The Balaban J connectivity index is 2.12. The lowest BCUT2D eigenvalue weighted by Gasteiger charge is -2.01. The van der Waals surface area contributed by atoms with Gasteiger partial charge in [0.2, 0.25) is 0 Å². The van der Waals surface area contributed by atoms with Crippen LogP contribution in [-0.2, 0) is 16.0 Å². The summed E-state index contributed by atoms with van der Waals surface area (Å²) in [4.78, 5) is 15.6. The molecule has 0 amide bonds. The van der Waals surface area contributed by atoms with Crippen LogP contribution in [-0.4, -0.2) is 18.1 Å². The van der Waals surface area contributed by atoms with Gasteiger partial charge in [-0.2, -0.15) is 0 Å². The van der Waals surface area contributed by atoms with Crippen molar-refractivity contribution in [3.63, 3.8) is 0 Å². The highest BCUT2D eigenvalue weighted by Gasteiger charge is 2.08. The number of carbonyl (C=O) groups excluding carboxylic acids is 1.